The van der Waals surface area contributed by atoms with Gasteiger partial charge in [0.05, 0.1) is 5.75 Å². The van der Waals surface area contributed by atoms with E-state index in [0.29, 0.717) is 10.8 Å². The second kappa shape index (κ2) is 6.75. The minimum atomic E-state index is -0.357. The Morgan fingerprint density at radius 2 is 2.05 bits per heavy atom. The Balaban J connectivity index is 1.90. The molecular formula is C13H19N3O2S. The zero-order valence-electron chi connectivity index (χ0n) is 11.1. The number of rotatable bonds is 3. The zero-order chi connectivity index (χ0) is 13.7. The number of hydrogen-bond acceptors (Lipinski definition) is 4. The molecule has 0 aromatic carbocycles. The lowest BCUT2D eigenvalue weighted by atomic mass is 10.2. The Bertz CT molecular complexity index is 493. The Morgan fingerprint density at radius 3 is 2.68 bits per heavy atom. The summed E-state index contributed by atoms with van der Waals surface area (Å²) in [7, 11) is 0. The molecule has 1 aliphatic heterocycles. The van der Waals surface area contributed by atoms with Crippen molar-refractivity contribution in [2.24, 2.45) is 0 Å². The van der Waals surface area contributed by atoms with Gasteiger partial charge in [0.2, 0.25) is 5.91 Å². The second-order valence-corrected chi connectivity index (χ2v) is 5.79. The molecule has 1 amide bonds. The molecule has 1 aliphatic rings. The average molecular weight is 281 g/mol. The van der Waals surface area contributed by atoms with E-state index in [4.69, 9.17) is 0 Å². The van der Waals surface area contributed by atoms with Gasteiger partial charge in [-0.3, -0.25) is 4.79 Å². The van der Waals surface area contributed by atoms with Crippen molar-refractivity contribution >= 4 is 17.7 Å². The SMILES string of the molecule is Cc1cc(SCC(=O)N2CCCCCC2)nc(=O)[nH]1. The van der Waals surface area contributed by atoms with E-state index in [1.54, 1.807) is 6.07 Å². The molecule has 0 aliphatic carbocycles. The third-order valence-electron chi connectivity index (χ3n) is 3.16. The molecule has 104 valence electrons. The van der Waals surface area contributed by atoms with Crippen LogP contribution in [0.1, 0.15) is 31.4 Å². The van der Waals surface area contributed by atoms with E-state index >= 15 is 0 Å². The molecule has 1 aromatic rings. The summed E-state index contributed by atoms with van der Waals surface area (Å²) in [4.78, 5) is 31.7. The summed E-state index contributed by atoms with van der Waals surface area (Å²) < 4.78 is 0. The second-order valence-electron chi connectivity index (χ2n) is 4.79. The van der Waals surface area contributed by atoms with Crippen LogP contribution in [-0.2, 0) is 4.79 Å². The largest absolute Gasteiger partial charge is 0.346 e. The molecule has 1 saturated heterocycles. The molecule has 19 heavy (non-hydrogen) atoms. The first-order chi connectivity index (χ1) is 9.15. The van der Waals surface area contributed by atoms with Crippen molar-refractivity contribution in [1.82, 2.24) is 14.9 Å². The molecule has 1 fully saturated rings. The highest BCUT2D eigenvalue weighted by molar-refractivity contribution is 7.99. The maximum Gasteiger partial charge on any atom is 0.346 e. The molecule has 0 bridgehead atoms. The topological polar surface area (TPSA) is 66.1 Å². The van der Waals surface area contributed by atoms with Crippen LogP contribution >= 0.6 is 11.8 Å². The maximum atomic E-state index is 12.1. The van der Waals surface area contributed by atoms with Crippen LogP contribution < -0.4 is 5.69 Å². The van der Waals surface area contributed by atoms with Gasteiger partial charge in [-0.05, 0) is 25.8 Å². The quantitative estimate of drug-likeness (QED) is 0.674. The zero-order valence-corrected chi connectivity index (χ0v) is 12.0. The summed E-state index contributed by atoms with van der Waals surface area (Å²) in [5.41, 5.74) is 0.412. The smallest absolute Gasteiger partial charge is 0.342 e. The van der Waals surface area contributed by atoms with Gasteiger partial charge in [-0.15, -0.1) is 0 Å². The van der Waals surface area contributed by atoms with Gasteiger partial charge in [-0.25, -0.2) is 4.79 Å². The lowest BCUT2D eigenvalue weighted by molar-refractivity contribution is -0.128. The molecule has 5 nitrogen and oxygen atoms in total. The Kier molecular flexibility index (Phi) is 5.01. The summed E-state index contributed by atoms with van der Waals surface area (Å²) in [6.45, 7) is 3.53. The third-order valence-corrected chi connectivity index (χ3v) is 4.05. The first-order valence-electron chi connectivity index (χ1n) is 6.64. The number of thioether (sulfide) groups is 1. The van der Waals surface area contributed by atoms with E-state index in [-0.39, 0.29) is 11.6 Å². The van der Waals surface area contributed by atoms with Gasteiger partial charge in [-0.1, -0.05) is 24.6 Å². The maximum absolute atomic E-state index is 12.1. The van der Waals surface area contributed by atoms with E-state index in [2.05, 4.69) is 9.97 Å². The summed E-state index contributed by atoms with van der Waals surface area (Å²) in [6, 6.07) is 1.79. The Hall–Kier alpha value is -1.30. The monoisotopic (exact) mass is 281 g/mol. The van der Waals surface area contributed by atoms with Crippen LogP contribution in [0.4, 0.5) is 0 Å². The fraction of sp³-hybridized carbons (Fsp3) is 0.615. The highest BCUT2D eigenvalue weighted by Gasteiger charge is 2.15. The number of nitrogens with one attached hydrogen (secondary N) is 1. The third kappa shape index (κ3) is 4.38. The Morgan fingerprint density at radius 1 is 1.37 bits per heavy atom. The van der Waals surface area contributed by atoms with Crippen LogP contribution in [-0.4, -0.2) is 39.6 Å². The van der Waals surface area contributed by atoms with Gasteiger partial charge in [0, 0.05) is 18.8 Å². The number of carbonyl (C=O) groups is 1. The molecule has 1 N–H and O–H groups in total. The fourth-order valence-electron chi connectivity index (χ4n) is 2.17. The summed E-state index contributed by atoms with van der Waals surface area (Å²) in [5, 5.41) is 0.615. The summed E-state index contributed by atoms with van der Waals surface area (Å²) >= 11 is 1.33. The van der Waals surface area contributed by atoms with E-state index in [9.17, 15) is 9.59 Å². The predicted molar refractivity (Wildman–Crippen MR) is 75.4 cm³/mol. The van der Waals surface area contributed by atoms with Gasteiger partial charge >= 0.3 is 5.69 Å². The molecule has 0 saturated carbocycles. The minimum Gasteiger partial charge on any atom is -0.342 e. The number of likely N-dealkylation sites (tertiary alicyclic amines) is 1. The molecule has 1 aromatic heterocycles. The Labute approximate surface area is 116 Å². The van der Waals surface area contributed by atoms with Crippen LogP contribution in [0.15, 0.2) is 15.9 Å². The van der Waals surface area contributed by atoms with Gasteiger partial charge in [-0.2, -0.15) is 4.98 Å². The standard InChI is InChI=1S/C13H19N3O2S/c1-10-8-11(15-13(18)14-10)19-9-12(17)16-6-4-2-3-5-7-16/h8H,2-7,9H2,1H3,(H,14,15,18). The molecular weight excluding hydrogens is 262 g/mol. The highest BCUT2D eigenvalue weighted by Crippen LogP contribution is 2.16. The summed E-state index contributed by atoms with van der Waals surface area (Å²) in [5.74, 6) is 0.502. The first kappa shape index (κ1) is 14.1. The van der Waals surface area contributed by atoms with Gasteiger partial charge in [0.15, 0.2) is 0 Å². The van der Waals surface area contributed by atoms with Crippen LogP contribution in [0.3, 0.4) is 0 Å². The first-order valence-corrected chi connectivity index (χ1v) is 7.62. The number of hydrogen-bond donors (Lipinski definition) is 1. The number of H-pyrrole nitrogens is 1. The minimum absolute atomic E-state index is 0.145. The van der Waals surface area contributed by atoms with Crippen LogP contribution in [0.2, 0.25) is 0 Å². The molecule has 2 rings (SSSR count). The van der Waals surface area contributed by atoms with Crippen LogP contribution in [0, 0.1) is 6.92 Å². The average Bonchev–Trinajstić information content (AvgIpc) is 2.63. The van der Waals surface area contributed by atoms with Crippen molar-refractivity contribution in [3.8, 4) is 0 Å². The van der Waals surface area contributed by atoms with Crippen LogP contribution in [0.5, 0.6) is 0 Å². The number of aromatic amines is 1. The van der Waals surface area contributed by atoms with Crippen molar-refractivity contribution in [2.45, 2.75) is 37.6 Å². The van der Waals surface area contributed by atoms with E-state index < -0.39 is 0 Å². The molecule has 2 heterocycles. The van der Waals surface area contributed by atoms with Crippen molar-refractivity contribution < 1.29 is 4.79 Å². The van der Waals surface area contributed by atoms with Crippen molar-refractivity contribution in [1.29, 1.82) is 0 Å². The normalized spacial score (nSPS) is 16.2. The van der Waals surface area contributed by atoms with E-state index in [1.807, 2.05) is 11.8 Å². The highest BCUT2D eigenvalue weighted by atomic mass is 32.2. The van der Waals surface area contributed by atoms with Crippen molar-refractivity contribution in [3.63, 3.8) is 0 Å². The molecule has 0 unspecified atom stereocenters. The van der Waals surface area contributed by atoms with Crippen LogP contribution in [0.25, 0.3) is 0 Å². The fourth-order valence-corrected chi connectivity index (χ4v) is 3.03. The number of aryl methyl sites for hydroxylation is 1. The van der Waals surface area contributed by atoms with E-state index in [0.717, 1.165) is 31.6 Å². The number of amides is 1. The number of nitrogens with zero attached hydrogens (tertiary/aromatic N) is 2. The van der Waals surface area contributed by atoms with Gasteiger partial charge in [0.1, 0.15) is 5.03 Å². The lowest BCUT2D eigenvalue weighted by Gasteiger charge is -2.19. The predicted octanol–water partition coefficient (Wildman–Crippen LogP) is 1.57. The number of carbonyl (C=O) groups excluding carboxylic acids is 1. The molecule has 6 heteroatoms. The van der Waals surface area contributed by atoms with Gasteiger partial charge < -0.3 is 9.88 Å². The van der Waals surface area contributed by atoms with Crippen molar-refractivity contribution in [2.75, 3.05) is 18.8 Å². The molecule has 0 radical (unpaired) electrons. The summed E-state index contributed by atoms with van der Waals surface area (Å²) in [6.07, 6.45) is 4.62. The number of aromatic nitrogens is 2. The van der Waals surface area contributed by atoms with Crippen molar-refractivity contribution in [3.05, 3.63) is 22.2 Å². The van der Waals surface area contributed by atoms with Gasteiger partial charge in [0.25, 0.3) is 0 Å². The lowest BCUT2D eigenvalue weighted by Crippen LogP contribution is -2.33. The molecule has 0 spiro atoms. The molecule has 0 atom stereocenters. The van der Waals surface area contributed by atoms with E-state index in [1.165, 1.54) is 24.6 Å².